The van der Waals surface area contributed by atoms with Crippen molar-refractivity contribution in [2.75, 3.05) is 44.4 Å². The summed E-state index contributed by atoms with van der Waals surface area (Å²) >= 11 is 12.0. The van der Waals surface area contributed by atoms with E-state index in [1.54, 1.807) is 12.1 Å². The second-order valence-corrected chi connectivity index (χ2v) is 5.16. The van der Waals surface area contributed by atoms with Gasteiger partial charge in [0, 0.05) is 18.8 Å². The highest BCUT2D eigenvalue weighted by atomic mass is 35.5. The molecule has 0 aliphatic rings. The van der Waals surface area contributed by atoms with E-state index in [0.717, 1.165) is 0 Å². The van der Waals surface area contributed by atoms with Crippen molar-refractivity contribution >= 4 is 40.5 Å². The minimum absolute atomic E-state index is 0.197. The summed E-state index contributed by atoms with van der Waals surface area (Å²) in [5, 5.41) is 3.33. The standard InChI is InChI=1S/C13H19Cl2N3O2/c1-3-20-5-4-18(2)8-12(19)17-13-10(14)6-9(16)7-11(13)15/h6-7H,3-5,8,16H2,1-2H3,(H,17,19). The minimum Gasteiger partial charge on any atom is -0.399 e. The van der Waals surface area contributed by atoms with E-state index in [1.165, 1.54) is 0 Å². The van der Waals surface area contributed by atoms with E-state index in [4.69, 9.17) is 33.7 Å². The summed E-state index contributed by atoms with van der Waals surface area (Å²) in [7, 11) is 1.84. The van der Waals surface area contributed by atoms with Crippen LogP contribution < -0.4 is 11.1 Å². The van der Waals surface area contributed by atoms with Crippen molar-refractivity contribution in [2.45, 2.75) is 6.92 Å². The van der Waals surface area contributed by atoms with Gasteiger partial charge in [0.15, 0.2) is 0 Å². The van der Waals surface area contributed by atoms with Gasteiger partial charge in [0.1, 0.15) is 0 Å². The van der Waals surface area contributed by atoms with E-state index < -0.39 is 0 Å². The minimum atomic E-state index is -0.197. The van der Waals surface area contributed by atoms with E-state index in [-0.39, 0.29) is 12.5 Å². The van der Waals surface area contributed by atoms with Crippen LogP contribution in [0.4, 0.5) is 11.4 Å². The van der Waals surface area contributed by atoms with Crippen LogP contribution in [0.25, 0.3) is 0 Å². The molecule has 3 N–H and O–H groups in total. The Labute approximate surface area is 129 Å². The Balaban J connectivity index is 2.54. The smallest absolute Gasteiger partial charge is 0.238 e. The zero-order valence-electron chi connectivity index (χ0n) is 11.6. The number of nitrogens with two attached hydrogens (primary N) is 1. The molecule has 1 aromatic carbocycles. The maximum Gasteiger partial charge on any atom is 0.238 e. The summed E-state index contributed by atoms with van der Waals surface area (Å²) in [6.07, 6.45) is 0. The third-order valence-corrected chi connectivity index (χ3v) is 3.16. The van der Waals surface area contributed by atoms with Crippen LogP contribution >= 0.6 is 23.2 Å². The number of rotatable bonds is 7. The molecule has 0 saturated heterocycles. The fraction of sp³-hybridized carbons (Fsp3) is 0.462. The van der Waals surface area contributed by atoms with Crippen molar-refractivity contribution in [1.82, 2.24) is 4.90 Å². The highest BCUT2D eigenvalue weighted by molar-refractivity contribution is 6.40. The van der Waals surface area contributed by atoms with Gasteiger partial charge < -0.3 is 15.8 Å². The van der Waals surface area contributed by atoms with Crippen molar-refractivity contribution in [1.29, 1.82) is 0 Å². The molecule has 0 radical (unpaired) electrons. The van der Waals surface area contributed by atoms with Crippen LogP contribution in [0.2, 0.25) is 10.0 Å². The molecule has 0 fully saturated rings. The number of hydrogen-bond acceptors (Lipinski definition) is 4. The third-order valence-electron chi connectivity index (χ3n) is 2.56. The van der Waals surface area contributed by atoms with Gasteiger partial charge in [-0.15, -0.1) is 0 Å². The molecular formula is C13H19Cl2N3O2. The third kappa shape index (κ3) is 5.54. The largest absolute Gasteiger partial charge is 0.399 e. The van der Waals surface area contributed by atoms with E-state index in [1.807, 2.05) is 18.9 Å². The van der Waals surface area contributed by atoms with Crippen LogP contribution in [0.15, 0.2) is 12.1 Å². The Kier molecular flexibility index (Phi) is 7.09. The second kappa shape index (κ2) is 8.32. The first-order valence-corrected chi connectivity index (χ1v) is 7.00. The number of likely N-dealkylation sites (N-methyl/N-ethyl adjacent to an activating group) is 1. The lowest BCUT2D eigenvalue weighted by molar-refractivity contribution is -0.117. The number of nitrogen functional groups attached to an aromatic ring is 1. The average molecular weight is 320 g/mol. The normalized spacial score (nSPS) is 10.8. The first-order chi connectivity index (χ1) is 9.43. The average Bonchev–Trinajstić information content (AvgIpc) is 2.34. The summed E-state index contributed by atoms with van der Waals surface area (Å²) in [6.45, 7) is 4.08. The maximum absolute atomic E-state index is 11.9. The fourth-order valence-electron chi connectivity index (χ4n) is 1.58. The van der Waals surface area contributed by atoms with Crippen LogP contribution in [0.5, 0.6) is 0 Å². The Morgan fingerprint density at radius 2 is 2.00 bits per heavy atom. The highest BCUT2D eigenvalue weighted by Crippen LogP contribution is 2.32. The van der Waals surface area contributed by atoms with E-state index >= 15 is 0 Å². The molecule has 20 heavy (non-hydrogen) atoms. The summed E-state index contributed by atoms with van der Waals surface area (Å²) < 4.78 is 5.23. The van der Waals surface area contributed by atoms with Crippen LogP contribution in [-0.2, 0) is 9.53 Å². The van der Waals surface area contributed by atoms with Gasteiger partial charge >= 0.3 is 0 Å². The summed E-state index contributed by atoms with van der Waals surface area (Å²) in [5.41, 5.74) is 6.44. The number of amides is 1. The summed E-state index contributed by atoms with van der Waals surface area (Å²) in [5.74, 6) is -0.197. The Morgan fingerprint density at radius 3 is 2.55 bits per heavy atom. The number of benzene rings is 1. The molecule has 0 saturated carbocycles. The number of anilines is 2. The molecule has 1 aromatic rings. The first-order valence-electron chi connectivity index (χ1n) is 6.24. The predicted octanol–water partition coefficient (Wildman–Crippen LogP) is 2.48. The zero-order chi connectivity index (χ0) is 15.1. The van der Waals surface area contributed by atoms with Crippen molar-refractivity contribution in [3.05, 3.63) is 22.2 Å². The lowest BCUT2D eigenvalue weighted by Gasteiger charge is -2.17. The molecular weight excluding hydrogens is 301 g/mol. The quantitative estimate of drug-likeness (QED) is 0.598. The van der Waals surface area contributed by atoms with E-state index in [9.17, 15) is 4.79 Å². The molecule has 0 aromatic heterocycles. The molecule has 7 heteroatoms. The number of halogens is 2. The molecule has 0 aliphatic heterocycles. The van der Waals surface area contributed by atoms with Gasteiger partial charge in [0.05, 0.1) is 28.9 Å². The SMILES string of the molecule is CCOCCN(C)CC(=O)Nc1c(Cl)cc(N)cc1Cl. The van der Waals surface area contributed by atoms with Gasteiger partial charge in [0.25, 0.3) is 0 Å². The van der Waals surface area contributed by atoms with Crippen molar-refractivity contribution in [2.24, 2.45) is 0 Å². The molecule has 1 amide bonds. The molecule has 0 unspecified atom stereocenters. The van der Waals surface area contributed by atoms with Crippen molar-refractivity contribution < 1.29 is 9.53 Å². The van der Waals surface area contributed by atoms with Gasteiger partial charge in [-0.25, -0.2) is 0 Å². The number of nitrogens with one attached hydrogen (secondary N) is 1. The molecule has 0 bridgehead atoms. The fourth-order valence-corrected chi connectivity index (χ4v) is 2.18. The predicted molar refractivity (Wildman–Crippen MR) is 83.5 cm³/mol. The van der Waals surface area contributed by atoms with Gasteiger partial charge in [-0.05, 0) is 26.1 Å². The zero-order valence-corrected chi connectivity index (χ0v) is 13.1. The molecule has 0 aliphatic carbocycles. The number of carbonyl (C=O) groups excluding carboxylic acids is 1. The van der Waals surface area contributed by atoms with Gasteiger partial charge in [0.2, 0.25) is 5.91 Å². The Hall–Kier alpha value is -1.01. The van der Waals surface area contributed by atoms with Gasteiger partial charge in [-0.2, -0.15) is 0 Å². The lowest BCUT2D eigenvalue weighted by atomic mass is 10.2. The molecule has 0 heterocycles. The molecule has 0 spiro atoms. The Bertz CT molecular complexity index is 446. The van der Waals surface area contributed by atoms with Gasteiger partial charge in [-0.1, -0.05) is 23.2 Å². The van der Waals surface area contributed by atoms with Crippen LogP contribution in [0, 0.1) is 0 Å². The topological polar surface area (TPSA) is 67.6 Å². The van der Waals surface area contributed by atoms with Gasteiger partial charge in [-0.3, -0.25) is 9.69 Å². The monoisotopic (exact) mass is 319 g/mol. The number of carbonyl (C=O) groups is 1. The number of hydrogen-bond donors (Lipinski definition) is 2. The number of ether oxygens (including phenoxy) is 1. The van der Waals surface area contributed by atoms with Crippen LogP contribution in [0.3, 0.4) is 0 Å². The first kappa shape index (κ1) is 17.0. The summed E-state index contributed by atoms with van der Waals surface area (Å²) in [4.78, 5) is 13.8. The Morgan fingerprint density at radius 1 is 1.40 bits per heavy atom. The molecule has 0 atom stereocenters. The molecule has 5 nitrogen and oxygen atoms in total. The lowest BCUT2D eigenvalue weighted by Crippen LogP contribution is -2.32. The van der Waals surface area contributed by atoms with Crippen molar-refractivity contribution in [3.8, 4) is 0 Å². The molecule has 112 valence electrons. The van der Waals surface area contributed by atoms with Crippen LogP contribution in [0.1, 0.15) is 6.92 Å². The van der Waals surface area contributed by atoms with Crippen molar-refractivity contribution in [3.63, 3.8) is 0 Å². The summed E-state index contributed by atoms with van der Waals surface area (Å²) in [6, 6.07) is 3.09. The highest BCUT2D eigenvalue weighted by Gasteiger charge is 2.12. The van der Waals surface area contributed by atoms with E-state index in [2.05, 4.69) is 5.32 Å². The maximum atomic E-state index is 11.9. The van der Waals surface area contributed by atoms with E-state index in [0.29, 0.717) is 41.2 Å². The number of nitrogens with zero attached hydrogens (tertiary/aromatic N) is 1. The molecule has 1 rings (SSSR count). The van der Waals surface area contributed by atoms with Crippen LogP contribution in [-0.4, -0.2) is 44.2 Å². The second-order valence-electron chi connectivity index (χ2n) is 4.34.